The van der Waals surface area contributed by atoms with Crippen molar-refractivity contribution in [1.29, 1.82) is 0 Å². The second-order valence-corrected chi connectivity index (χ2v) is 6.22. The van der Waals surface area contributed by atoms with Crippen LogP contribution in [0.15, 0.2) is 48.8 Å². The van der Waals surface area contributed by atoms with Crippen LogP contribution < -0.4 is 5.32 Å². The lowest BCUT2D eigenvalue weighted by Crippen LogP contribution is -2.54. The topological polar surface area (TPSA) is 54.5 Å². The summed E-state index contributed by atoms with van der Waals surface area (Å²) in [6.45, 7) is 5.01. The van der Waals surface area contributed by atoms with Gasteiger partial charge in [0.15, 0.2) is 0 Å². The van der Waals surface area contributed by atoms with Crippen LogP contribution in [0.4, 0.5) is 9.18 Å². The Bertz CT molecular complexity index is 708. The highest BCUT2D eigenvalue weighted by Gasteiger charge is 2.30. The van der Waals surface area contributed by atoms with Gasteiger partial charge in [-0.3, -0.25) is 4.98 Å². The van der Waals surface area contributed by atoms with E-state index in [2.05, 4.69) is 10.3 Å². The number of hydrogen-bond acceptors (Lipinski definition) is 3. The Morgan fingerprint density at radius 2 is 1.84 bits per heavy atom. The van der Waals surface area contributed by atoms with Crippen LogP contribution in [0.1, 0.15) is 31.0 Å². The summed E-state index contributed by atoms with van der Waals surface area (Å²) in [7, 11) is 0. The normalized spacial score (nSPS) is 21.6. The van der Waals surface area contributed by atoms with Crippen molar-refractivity contribution in [1.82, 2.24) is 15.2 Å². The molecule has 0 spiro atoms. The minimum absolute atomic E-state index is 0.00954. The van der Waals surface area contributed by atoms with E-state index in [-0.39, 0.29) is 30.0 Å². The average Bonchev–Trinajstić information content (AvgIpc) is 2.63. The van der Waals surface area contributed by atoms with E-state index in [0.717, 1.165) is 11.1 Å². The summed E-state index contributed by atoms with van der Waals surface area (Å²) < 4.78 is 18.9. The molecule has 1 N–H and O–H groups in total. The van der Waals surface area contributed by atoms with Crippen molar-refractivity contribution < 1.29 is 13.9 Å². The molecule has 1 fully saturated rings. The van der Waals surface area contributed by atoms with Crippen molar-refractivity contribution >= 4 is 6.03 Å². The second kappa shape index (κ2) is 7.61. The summed E-state index contributed by atoms with van der Waals surface area (Å²) in [4.78, 5) is 18.7. The third kappa shape index (κ3) is 3.96. The number of carbonyl (C=O) groups is 1. The van der Waals surface area contributed by atoms with Crippen molar-refractivity contribution in [2.24, 2.45) is 0 Å². The molecule has 1 aliphatic heterocycles. The number of amides is 2. The molecule has 0 saturated carbocycles. The fourth-order valence-corrected chi connectivity index (χ4v) is 3.00. The Labute approximate surface area is 146 Å². The Morgan fingerprint density at radius 3 is 2.52 bits per heavy atom. The molecule has 3 rings (SSSR count). The number of hydrogen-bond donors (Lipinski definition) is 1. The first-order valence-corrected chi connectivity index (χ1v) is 8.40. The average molecular weight is 343 g/mol. The van der Waals surface area contributed by atoms with Gasteiger partial charge in [0.05, 0.1) is 24.8 Å². The van der Waals surface area contributed by atoms with E-state index in [1.807, 2.05) is 26.0 Å². The van der Waals surface area contributed by atoms with Crippen molar-refractivity contribution in [3.8, 4) is 0 Å². The number of pyridine rings is 1. The van der Waals surface area contributed by atoms with Gasteiger partial charge in [0, 0.05) is 18.9 Å². The van der Waals surface area contributed by atoms with Gasteiger partial charge in [-0.1, -0.05) is 12.1 Å². The number of nitrogens with one attached hydrogen (secondary N) is 1. The third-order valence-corrected chi connectivity index (χ3v) is 4.66. The van der Waals surface area contributed by atoms with Gasteiger partial charge in [0.1, 0.15) is 5.82 Å². The Hall–Kier alpha value is -2.47. The Morgan fingerprint density at radius 1 is 1.20 bits per heavy atom. The molecule has 1 aliphatic rings. The maximum absolute atomic E-state index is 13.3. The Balaban J connectivity index is 1.85. The molecule has 0 bridgehead atoms. The van der Waals surface area contributed by atoms with Gasteiger partial charge in [-0.2, -0.15) is 0 Å². The number of benzene rings is 1. The molecule has 2 aromatic rings. The van der Waals surface area contributed by atoms with Gasteiger partial charge in [-0.05, 0) is 49.2 Å². The van der Waals surface area contributed by atoms with Crippen molar-refractivity contribution in [2.75, 3.05) is 13.2 Å². The number of morpholine rings is 1. The minimum Gasteiger partial charge on any atom is -0.375 e. The summed E-state index contributed by atoms with van der Waals surface area (Å²) in [5.41, 5.74) is 1.71. The standard InChI is InChI=1S/C19H22FN3O2/c1-13-14(2)25-12-11-23(13)19(24)22-18(16-7-9-21-10-8-16)15-3-5-17(20)6-4-15/h3-10,13-14,18H,11-12H2,1-2H3,(H,22,24)/t13-,14-,18+/m0/s1. The number of rotatable bonds is 3. The molecule has 1 saturated heterocycles. The molecule has 0 aliphatic carbocycles. The zero-order valence-corrected chi connectivity index (χ0v) is 14.4. The molecule has 0 unspecified atom stereocenters. The van der Waals surface area contributed by atoms with Crippen LogP contribution in [0, 0.1) is 5.82 Å². The molecule has 1 aromatic heterocycles. The van der Waals surface area contributed by atoms with Crippen molar-refractivity contribution in [3.63, 3.8) is 0 Å². The lowest BCUT2D eigenvalue weighted by Gasteiger charge is -2.38. The van der Waals surface area contributed by atoms with Crippen LogP contribution in [0.3, 0.4) is 0 Å². The smallest absolute Gasteiger partial charge is 0.318 e. The van der Waals surface area contributed by atoms with E-state index in [0.29, 0.717) is 13.2 Å². The fourth-order valence-electron chi connectivity index (χ4n) is 3.00. The molecule has 6 heteroatoms. The van der Waals surface area contributed by atoms with Crippen LogP contribution in [0.5, 0.6) is 0 Å². The quantitative estimate of drug-likeness (QED) is 0.931. The molecule has 132 valence electrons. The molecule has 3 atom stereocenters. The number of aromatic nitrogens is 1. The lowest BCUT2D eigenvalue weighted by molar-refractivity contribution is -0.0378. The van der Waals surface area contributed by atoms with Crippen LogP contribution >= 0.6 is 0 Å². The Kier molecular flexibility index (Phi) is 5.28. The molecule has 0 radical (unpaired) electrons. The summed E-state index contributed by atoms with van der Waals surface area (Å²) >= 11 is 0. The molecule has 5 nitrogen and oxygen atoms in total. The van der Waals surface area contributed by atoms with E-state index in [1.165, 1.54) is 12.1 Å². The molecule has 2 heterocycles. The number of nitrogens with zero attached hydrogens (tertiary/aromatic N) is 2. The highest BCUT2D eigenvalue weighted by molar-refractivity contribution is 5.76. The highest BCUT2D eigenvalue weighted by Crippen LogP contribution is 2.23. The molecular formula is C19H22FN3O2. The maximum atomic E-state index is 13.3. The van der Waals surface area contributed by atoms with Crippen LogP contribution in [-0.2, 0) is 4.74 Å². The predicted octanol–water partition coefficient (Wildman–Crippen LogP) is 3.13. The monoisotopic (exact) mass is 343 g/mol. The lowest BCUT2D eigenvalue weighted by atomic mass is 9.99. The molecule has 25 heavy (non-hydrogen) atoms. The van der Waals surface area contributed by atoms with Crippen molar-refractivity contribution in [2.45, 2.75) is 32.0 Å². The van der Waals surface area contributed by atoms with E-state index in [1.54, 1.807) is 29.4 Å². The first kappa shape index (κ1) is 17.4. The van der Waals surface area contributed by atoms with Crippen LogP contribution in [0.25, 0.3) is 0 Å². The fraction of sp³-hybridized carbons (Fsp3) is 0.368. The largest absolute Gasteiger partial charge is 0.375 e. The van der Waals surface area contributed by atoms with Crippen molar-refractivity contribution in [3.05, 3.63) is 65.7 Å². The highest BCUT2D eigenvalue weighted by atomic mass is 19.1. The van der Waals surface area contributed by atoms with E-state index in [4.69, 9.17) is 4.74 Å². The minimum atomic E-state index is -0.374. The number of halogens is 1. The maximum Gasteiger partial charge on any atom is 0.318 e. The SMILES string of the molecule is C[C@@H]1OCCN(C(=O)N[C@@H](c2ccncc2)c2ccc(F)cc2)[C@H]1C. The number of urea groups is 1. The predicted molar refractivity (Wildman–Crippen MR) is 92.6 cm³/mol. The van der Waals surface area contributed by atoms with E-state index < -0.39 is 0 Å². The van der Waals surface area contributed by atoms with E-state index >= 15 is 0 Å². The summed E-state index contributed by atoms with van der Waals surface area (Å²) in [5.74, 6) is -0.306. The van der Waals surface area contributed by atoms with E-state index in [9.17, 15) is 9.18 Å². The van der Waals surface area contributed by atoms with Crippen LogP contribution in [-0.4, -0.2) is 41.2 Å². The third-order valence-electron chi connectivity index (χ3n) is 4.66. The summed E-state index contributed by atoms with van der Waals surface area (Å²) in [6, 6.07) is 9.32. The first-order chi connectivity index (χ1) is 12.1. The van der Waals surface area contributed by atoms with Gasteiger partial charge < -0.3 is 15.0 Å². The van der Waals surface area contributed by atoms with Gasteiger partial charge in [-0.25, -0.2) is 9.18 Å². The zero-order chi connectivity index (χ0) is 17.8. The van der Waals surface area contributed by atoms with Gasteiger partial charge in [-0.15, -0.1) is 0 Å². The van der Waals surface area contributed by atoms with Crippen LogP contribution in [0.2, 0.25) is 0 Å². The molecule has 1 aromatic carbocycles. The van der Waals surface area contributed by atoms with Gasteiger partial charge in [0.2, 0.25) is 0 Å². The number of ether oxygens (including phenoxy) is 1. The number of carbonyl (C=O) groups excluding carboxylic acids is 1. The van der Waals surface area contributed by atoms with Gasteiger partial charge in [0.25, 0.3) is 0 Å². The van der Waals surface area contributed by atoms with Gasteiger partial charge >= 0.3 is 6.03 Å². The molecular weight excluding hydrogens is 321 g/mol. The second-order valence-electron chi connectivity index (χ2n) is 6.22. The molecule has 2 amide bonds. The first-order valence-electron chi connectivity index (χ1n) is 8.40. The summed E-state index contributed by atoms with van der Waals surface area (Å²) in [5, 5.41) is 3.07. The zero-order valence-electron chi connectivity index (χ0n) is 14.4. The summed E-state index contributed by atoms with van der Waals surface area (Å²) in [6.07, 6.45) is 3.35.